The normalized spacial score (nSPS) is 10.6. The molecule has 0 saturated carbocycles. The van der Waals surface area contributed by atoms with Crippen molar-refractivity contribution >= 4 is 5.91 Å². The second kappa shape index (κ2) is 7.74. The summed E-state index contributed by atoms with van der Waals surface area (Å²) in [5.41, 5.74) is 7.34. The maximum absolute atomic E-state index is 11.5. The number of nitrogens with one attached hydrogen (secondary N) is 1. The largest absolute Gasteiger partial charge is 0.491 e. The zero-order valence-electron chi connectivity index (χ0n) is 11.9. The Balaban J connectivity index is 2.50. The minimum atomic E-state index is -0.00422. The Bertz CT molecular complexity index is 419. The fraction of sp³-hybridized carbons (Fsp3) is 0.571. The number of aryl methyl sites for hydroxylation is 1. The first-order valence-electron chi connectivity index (χ1n) is 6.61. The Morgan fingerprint density at radius 1 is 1.47 bits per heavy atom. The van der Waals surface area contributed by atoms with Gasteiger partial charge in [0.05, 0.1) is 18.7 Å². The molecule has 0 radical (unpaired) electrons. The molecule has 0 aliphatic rings. The van der Waals surface area contributed by atoms with E-state index in [1.54, 1.807) is 0 Å². The number of aromatic nitrogens is 1. The number of rotatable bonds is 7. The minimum Gasteiger partial charge on any atom is -0.491 e. The van der Waals surface area contributed by atoms with E-state index < -0.39 is 0 Å². The van der Waals surface area contributed by atoms with Crippen molar-refractivity contribution in [2.24, 2.45) is 5.73 Å². The van der Waals surface area contributed by atoms with Crippen molar-refractivity contribution in [3.63, 3.8) is 0 Å². The summed E-state index contributed by atoms with van der Waals surface area (Å²) in [6, 6.07) is 3.93. The Morgan fingerprint density at radius 2 is 2.21 bits per heavy atom. The highest BCUT2D eigenvalue weighted by molar-refractivity contribution is 5.76. The lowest BCUT2D eigenvalue weighted by Gasteiger charge is -2.12. The summed E-state index contributed by atoms with van der Waals surface area (Å²) in [6.07, 6.45) is 1.02. The van der Waals surface area contributed by atoms with Gasteiger partial charge in [-0.3, -0.25) is 9.78 Å². The van der Waals surface area contributed by atoms with Gasteiger partial charge in [-0.15, -0.1) is 0 Å². The molecule has 0 aromatic carbocycles. The van der Waals surface area contributed by atoms with E-state index >= 15 is 0 Å². The van der Waals surface area contributed by atoms with Crippen LogP contribution in [0.5, 0.6) is 5.75 Å². The molecule has 0 atom stereocenters. The highest BCUT2D eigenvalue weighted by Crippen LogP contribution is 2.17. The van der Waals surface area contributed by atoms with Crippen LogP contribution in [0.1, 0.15) is 31.7 Å². The van der Waals surface area contributed by atoms with E-state index in [1.165, 1.54) is 0 Å². The number of hydrogen-bond donors (Lipinski definition) is 2. The van der Waals surface area contributed by atoms with Crippen molar-refractivity contribution in [3.05, 3.63) is 23.5 Å². The van der Waals surface area contributed by atoms with Crippen molar-refractivity contribution < 1.29 is 9.53 Å². The number of pyridine rings is 1. The number of carbonyl (C=O) groups excluding carboxylic acids is 1. The first kappa shape index (κ1) is 15.4. The Kier molecular flexibility index (Phi) is 6.29. The molecule has 1 amide bonds. The van der Waals surface area contributed by atoms with E-state index in [0.717, 1.165) is 11.4 Å². The van der Waals surface area contributed by atoms with Crippen LogP contribution < -0.4 is 15.8 Å². The standard InChI is InChI=1S/C14H23N3O2/c1-10(2)16-14(18)7-9-19-13-5-4-11(3)17-12(13)6-8-15/h4-5,10H,6-9,15H2,1-3H3,(H,16,18). The molecule has 1 rings (SSSR count). The van der Waals surface area contributed by atoms with Crippen molar-refractivity contribution in [2.75, 3.05) is 13.2 Å². The number of carbonyl (C=O) groups is 1. The van der Waals surface area contributed by atoms with Crippen molar-refractivity contribution in [2.45, 2.75) is 39.7 Å². The van der Waals surface area contributed by atoms with E-state index in [0.29, 0.717) is 31.7 Å². The SMILES string of the molecule is Cc1ccc(OCCC(=O)NC(C)C)c(CCN)n1. The van der Waals surface area contributed by atoms with Crippen LogP contribution >= 0.6 is 0 Å². The molecular formula is C14H23N3O2. The van der Waals surface area contributed by atoms with E-state index in [2.05, 4.69) is 10.3 Å². The van der Waals surface area contributed by atoms with Crippen molar-refractivity contribution in [1.82, 2.24) is 10.3 Å². The lowest BCUT2D eigenvalue weighted by atomic mass is 10.2. The highest BCUT2D eigenvalue weighted by atomic mass is 16.5. The zero-order valence-corrected chi connectivity index (χ0v) is 11.9. The van der Waals surface area contributed by atoms with Gasteiger partial charge in [0.15, 0.2) is 0 Å². The molecule has 5 nitrogen and oxygen atoms in total. The summed E-state index contributed by atoms with van der Waals surface area (Å²) in [4.78, 5) is 15.9. The first-order valence-corrected chi connectivity index (χ1v) is 6.61. The quantitative estimate of drug-likeness (QED) is 0.776. The molecule has 1 aromatic heterocycles. The molecule has 0 spiro atoms. The van der Waals surface area contributed by atoms with Gasteiger partial charge >= 0.3 is 0 Å². The Labute approximate surface area is 114 Å². The fourth-order valence-electron chi connectivity index (χ4n) is 1.69. The van der Waals surface area contributed by atoms with Crippen LogP contribution in [0, 0.1) is 6.92 Å². The number of nitrogens with two attached hydrogens (primary N) is 1. The first-order chi connectivity index (χ1) is 9.02. The van der Waals surface area contributed by atoms with Crippen LogP contribution in [-0.2, 0) is 11.2 Å². The summed E-state index contributed by atoms with van der Waals surface area (Å²) in [6.45, 7) is 6.67. The van der Waals surface area contributed by atoms with Crippen LogP contribution in [-0.4, -0.2) is 30.1 Å². The van der Waals surface area contributed by atoms with E-state index in [4.69, 9.17) is 10.5 Å². The zero-order chi connectivity index (χ0) is 14.3. The van der Waals surface area contributed by atoms with Crippen LogP contribution in [0.25, 0.3) is 0 Å². The average Bonchev–Trinajstić information content (AvgIpc) is 2.31. The summed E-state index contributed by atoms with van der Waals surface area (Å²) >= 11 is 0. The molecule has 0 aliphatic heterocycles. The van der Waals surface area contributed by atoms with Gasteiger partial charge in [-0.25, -0.2) is 0 Å². The van der Waals surface area contributed by atoms with Gasteiger partial charge in [-0.1, -0.05) is 0 Å². The van der Waals surface area contributed by atoms with Crippen LogP contribution in [0.15, 0.2) is 12.1 Å². The fourth-order valence-corrected chi connectivity index (χ4v) is 1.69. The molecule has 0 unspecified atom stereocenters. The van der Waals surface area contributed by atoms with E-state index in [1.807, 2.05) is 32.9 Å². The summed E-state index contributed by atoms with van der Waals surface area (Å²) in [5.74, 6) is 0.712. The van der Waals surface area contributed by atoms with Gasteiger partial charge < -0.3 is 15.8 Å². The maximum atomic E-state index is 11.5. The van der Waals surface area contributed by atoms with Gasteiger partial charge in [0, 0.05) is 18.2 Å². The third-order valence-electron chi connectivity index (χ3n) is 2.49. The third kappa shape index (κ3) is 5.70. The van der Waals surface area contributed by atoms with Crippen LogP contribution in [0.4, 0.5) is 0 Å². The molecule has 19 heavy (non-hydrogen) atoms. The van der Waals surface area contributed by atoms with Gasteiger partial charge in [0.25, 0.3) is 0 Å². The molecule has 0 fully saturated rings. The Morgan fingerprint density at radius 3 is 2.84 bits per heavy atom. The molecule has 0 aliphatic carbocycles. The number of hydrogen-bond acceptors (Lipinski definition) is 4. The summed E-state index contributed by atoms with van der Waals surface area (Å²) < 4.78 is 5.62. The monoisotopic (exact) mass is 265 g/mol. The highest BCUT2D eigenvalue weighted by Gasteiger charge is 2.07. The van der Waals surface area contributed by atoms with E-state index in [9.17, 15) is 4.79 Å². The van der Waals surface area contributed by atoms with Gasteiger partial charge in [-0.05, 0) is 39.4 Å². The predicted octanol–water partition coefficient (Wildman–Crippen LogP) is 1.18. The molecule has 1 aromatic rings. The summed E-state index contributed by atoms with van der Waals surface area (Å²) in [5, 5.41) is 2.82. The Hall–Kier alpha value is -1.62. The molecule has 1 heterocycles. The lowest BCUT2D eigenvalue weighted by molar-refractivity contribution is -0.122. The molecule has 5 heteroatoms. The topological polar surface area (TPSA) is 77.2 Å². The smallest absolute Gasteiger partial charge is 0.223 e. The number of ether oxygens (including phenoxy) is 1. The molecule has 0 saturated heterocycles. The van der Waals surface area contributed by atoms with Crippen LogP contribution in [0.3, 0.4) is 0 Å². The average molecular weight is 265 g/mol. The molecule has 0 bridgehead atoms. The number of nitrogens with zero attached hydrogens (tertiary/aromatic N) is 1. The summed E-state index contributed by atoms with van der Waals surface area (Å²) in [7, 11) is 0. The van der Waals surface area contributed by atoms with Crippen molar-refractivity contribution in [3.8, 4) is 5.75 Å². The van der Waals surface area contributed by atoms with Gasteiger partial charge in [0.2, 0.25) is 5.91 Å². The van der Waals surface area contributed by atoms with Gasteiger partial charge in [0.1, 0.15) is 5.75 Å². The predicted molar refractivity (Wildman–Crippen MR) is 75.1 cm³/mol. The second-order valence-corrected chi connectivity index (χ2v) is 4.76. The molecule has 106 valence electrons. The minimum absolute atomic E-state index is 0.00422. The van der Waals surface area contributed by atoms with E-state index in [-0.39, 0.29) is 11.9 Å². The lowest BCUT2D eigenvalue weighted by Crippen LogP contribution is -2.31. The second-order valence-electron chi connectivity index (χ2n) is 4.76. The van der Waals surface area contributed by atoms with Gasteiger partial charge in [-0.2, -0.15) is 0 Å². The molecule has 3 N–H and O–H groups in total. The molecular weight excluding hydrogens is 242 g/mol. The van der Waals surface area contributed by atoms with Crippen molar-refractivity contribution in [1.29, 1.82) is 0 Å². The van der Waals surface area contributed by atoms with Crippen LogP contribution in [0.2, 0.25) is 0 Å². The number of amides is 1. The maximum Gasteiger partial charge on any atom is 0.223 e. The third-order valence-corrected chi connectivity index (χ3v) is 2.49.